The lowest BCUT2D eigenvalue weighted by atomic mass is 10.0. The Bertz CT molecular complexity index is 1530. The number of amides is 1. The highest BCUT2D eigenvalue weighted by Crippen LogP contribution is 2.33. The van der Waals surface area contributed by atoms with Gasteiger partial charge >= 0.3 is 0 Å². The summed E-state index contributed by atoms with van der Waals surface area (Å²) in [6.07, 6.45) is 1.63. The Labute approximate surface area is 218 Å². The summed E-state index contributed by atoms with van der Waals surface area (Å²) in [6, 6.07) is 17.0. The van der Waals surface area contributed by atoms with E-state index < -0.39 is 27.6 Å². The third kappa shape index (κ3) is 5.27. The predicted molar refractivity (Wildman–Crippen MR) is 140 cm³/mol. The van der Waals surface area contributed by atoms with Gasteiger partial charge in [-0.2, -0.15) is 4.31 Å². The van der Waals surface area contributed by atoms with Crippen LogP contribution in [0, 0.1) is 17.6 Å². The number of halogens is 2. The number of sulfonamides is 1. The second-order valence-corrected chi connectivity index (χ2v) is 12.2. The van der Waals surface area contributed by atoms with Crippen LogP contribution in [0.15, 0.2) is 71.6 Å². The molecule has 3 aromatic carbocycles. The lowest BCUT2D eigenvalue weighted by Gasteiger charge is -2.29. The van der Waals surface area contributed by atoms with Gasteiger partial charge in [0.1, 0.15) is 11.3 Å². The van der Waals surface area contributed by atoms with Crippen molar-refractivity contribution in [1.82, 2.24) is 9.29 Å². The van der Waals surface area contributed by atoms with E-state index in [2.05, 4.69) is 11.9 Å². The third-order valence-electron chi connectivity index (χ3n) is 6.54. The van der Waals surface area contributed by atoms with Crippen LogP contribution in [-0.4, -0.2) is 36.7 Å². The minimum absolute atomic E-state index is 0.00967. The SMILES string of the molecule is CC1CCN(S(=O)(=O)c2ccc(C(=O)N(Cc3ccccc3)c3nc4c(F)cc(F)cc4s3)cc2)CC1. The van der Waals surface area contributed by atoms with Crippen LogP contribution in [0.5, 0.6) is 0 Å². The summed E-state index contributed by atoms with van der Waals surface area (Å²) in [5, 5.41) is 0.215. The largest absolute Gasteiger partial charge is 0.279 e. The minimum Gasteiger partial charge on any atom is -0.279 e. The van der Waals surface area contributed by atoms with Gasteiger partial charge in [0.15, 0.2) is 10.9 Å². The van der Waals surface area contributed by atoms with E-state index in [1.54, 1.807) is 0 Å². The van der Waals surface area contributed by atoms with Gasteiger partial charge in [0, 0.05) is 24.7 Å². The maximum Gasteiger partial charge on any atom is 0.260 e. The van der Waals surface area contributed by atoms with Crippen LogP contribution in [0.3, 0.4) is 0 Å². The molecule has 0 N–H and O–H groups in total. The minimum atomic E-state index is -3.65. The van der Waals surface area contributed by atoms with E-state index in [0.717, 1.165) is 35.8 Å². The van der Waals surface area contributed by atoms with Crippen LogP contribution in [-0.2, 0) is 16.6 Å². The van der Waals surface area contributed by atoms with E-state index in [9.17, 15) is 22.0 Å². The number of thiazole rings is 1. The van der Waals surface area contributed by atoms with E-state index in [1.807, 2.05) is 30.3 Å². The van der Waals surface area contributed by atoms with E-state index in [4.69, 9.17) is 0 Å². The Balaban J connectivity index is 1.47. The monoisotopic (exact) mass is 541 g/mol. The molecule has 1 aromatic heterocycles. The molecule has 0 saturated carbocycles. The molecule has 37 heavy (non-hydrogen) atoms. The van der Waals surface area contributed by atoms with Crippen LogP contribution in [0.25, 0.3) is 10.2 Å². The number of hydrogen-bond acceptors (Lipinski definition) is 5. The number of rotatable bonds is 6. The Kier molecular flexibility index (Phi) is 7.06. The number of carbonyl (C=O) groups is 1. The molecule has 1 aliphatic rings. The summed E-state index contributed by atoms with van der Waals surface area (Å²) in [5.41, 5.74) is 1.07. The maximum absolute atomic E-state index is 14.3. The highest BCUT2D eigenvalue weighted by molar-refractivity contribution is 7.89. The van der Waals surface area contributed by atoms with Crippen molar-refractivity contribution >= 4 is 42.6 Å². The molecular weight excluding hydrogens is 516 g/mol. The van der Waals surface area contributed by atoms with Gasteiger partial charge in [0.05, 0.1) is 16.1 Å². The highest BCUT2D eigenvalue weighted by atomic mass is 32.2. The summed E-state index contributed by atoms with van der Waals surface area (Å²) in [4.78, 5) is 19.5. The fourth-order valence-electron chi connectivity index (χ4n) is 4.35. The molecular formula is C27H25F2N3O3S2. The van der Waals surface area contributed by atoms with Crippen molar-refractivity contribution in [3.63, 3.8) is 0 Å². The van der Waals surface area contributed by atoms with Gasteiger partial charge in [-0.3, -0.25) is 9.69 Å². The molecule has 2 heterocycles. The van der Waals surface area contributed by atoms with Crippen molar-refractivity contribution in [2.75, 3.05) is 18.0 Å². The Morgan fingerprint density at radius 1 is 1.05 bits per heavy atom. The summed E-state index contributed by atoms with van der Waals surface area (Å²) in [7, 11) is -3.65. The maximum atomic E-state index is 14.3. The van der Waals surface area contributed by atoms with Gasteiger partial charge in [-0.25, -0.2) is 22.2 Å². The molecule has 0 unspecified atom stereocenters. The number of piperidine rings is 1. The van der Waals surface area contributed by atoms with Gasteiger partial charge in [-0.05, 0) is 54.7 Å². The first-order valence-electron chi connectivity index (χ1n) is 11.9. The molecule has 1 amide bonds. The molecule has 1 aliphatic heterocycles. The Hall–Kier alpha value is -3.21. The summed E-state index contributed by atoms with van der Waals surface area (Å²) in [5.74, 6) is -1.46. The third-order valence-corrected chi connectivity index (χ3v) is 9.48. The summed E-state index contributed by atoms with van der Waals surface area (Å²) < 4.78 is 56.1. The fourth-order valence-corrected chi connectivity index (χ4v) is 6.83. The van der Waals surface area contributed by atoms with E-state index >= 15 is 0 Å². The van der Waals surface area contributed by atoms with Crippen molar-refractivity contribution in [2.45, 2.75) is 31.2 Å². The number of nitrogens with zero attached hydrogens (tertiary/aromatic N) is 3. The number of aromatic nitrogens is 1. The fraction of sp³-hybridized carbons (Fsp3) is 0.259. The molecule has 0 radical (unpaired) electrons. The molecule has 5 rings (SSSR count). The average molecular weight is 542 g/mol. The number of fused-ring (bicyclic) bond motifs is 1. The van der Waals surface area contributed by atoms with Crippen LogP contribution >= 0.6 is 11.3 Å². The smallest absolute Gasteiger partial charge is 0.260 e. The molecule has 1 saturated heterocycles. The van der Waals surface area contributed by atoms with Gasteiger partial charge < -0.3 is 0 Å². The molecule has 0 bridgehead atoms. The molecule has 192 valence electrons. The zero-order valence-electron chi connectivity index (χ0n) is 20.1. The number of anilines is 1. The van der Waals surface area contributed by atoms with Crippen LogP contribution < -0.4 is 4.90 Å². The van der Waals surface area contributed by atoms with Gasteiger partial charge in [-0.1, -0.05) is 48.6 Å². The molecule has 10 heteroatoms. The first-order chi connectivity index (χ1) is 17.7. The second kappa shape index (κ2) is 10.3. The lowest BCUT2D eigenvalue weighted by Crippen LogP contribution is -2.37. The molecule has 0 spiro atoms. The number of hydrogen-bond donors (Lipinski definition) is 0. The average Bonchev–Trinajstić information content (AvgIpc) is 3.32. The molecule has 1 fully saturated rings. The van der Waals surface area contributed by atoms with E-state index in [-0.39, 0.29) is 32.4 Å². The molecule has 0 aliphatic carbocycles. The summed E-state index contributed by atoms with van der Waals surface area (Å²) in [6.45, 7) is 3.21. The first-order valence-corrected chi connectivity index (χ1v) is 14.2. The first kappa shape index (κ1) is 25.4. The zero-order chi connectivity index (χ0) is 26.2. The van der Waals surface area contributed by atoms with Crippen molar-refractivity contribution in [1.29, 1.82) is 0 Å². The summed E-state index contributed by atoms with van der Waals surface area (Å²) >= 11 is 1.01. The molecule has 6 nitrogen and oxygen atoms in total. The lowest BCUT2D eigenvalue weighted by molar-refractivity contribution is 0.0985. The Morgan fingerprint density at radius 3 is 2.41 bits per heavy atom. The Morgan fingerprint density at radius 2 is 1.73 bits per heavy atom. The van der Waals surface area contributed by atoms with Gasteiger partial charge in [0.2, 0.25) is 10.0 Å². The molecule has 0 atom stereocenters. The van der Waals surface area contributed by atoms with E-state index in [0.29, 0.717) is 19.0 Å². The van der Waals surface area contributed by atoms with Crippen molar-refractivity contribution in [3.05, 3.63) is 89.5 Å². The number of benzene rings is 3. The topological polar surface area (TPSA) is 70.6 Å². The van der Waals surface area contributed by atoms with Crippen LogP contribution in [0.1, 0.15) is 35.7 Å². The van der Waals surface area contributed by atoms with Crippen LogP contribution in [0.4, 0.5) is 13.9 Å². The molecule has 4 aromatic rings. The normalized spacial score (nSPS) is 15.2. The quantitative estimate of drug-likeness (QED) is 0.307. The standard InChI is InChI=1S/C27H25F2N3O3S2/c1-18-11-13-31(14-12-18)37(34,35)22-9-7-20(8-10-22)26(33)32(17-19-5-3-2-4-6-19)27-30-25-23(29)15-21(28)16-24(25)36-27/h2-10,15-16,18H,11-14,17H2,1H3. The van der Waals surface area contributed by atoms with Gasteiger partial charge in [-0.15, -0.1) is 0 Å². The van der Waals surface area contributed by atoms with Crippen molar-refractivity contribution in [2.24, 2.45) is 5.92 Å². The van der Waals surface area contributed by atoms with Crippen molar-refractivity contribution in [3.8, 4) is 0 Å². The highest BCUT2D eigenvalue weighted by Gasteiger charge is 2.29. The second-order valence-electron chi connectivity index (χ2n) is 9.22. The van der Waals surface area contributed by atoms with E-state index in [1.165, 1.54) is 39.5 Å². The van der Waals surface area contributed by atoms with Crippen LogP contribution in [0.2, 0.25) is 0 Å². The predicted octanol–water partition coefficient (Wildman–Crippen LogP) is 5.84. The zero-order valence-corrected chi connectivity index (χ0v) is 21.7. The van der Waals surface area contributed by atoms with Crippen molar-refractivity contribution < 1.29 is 22.0 Å². The number of carbonyl (C=O) groups excluding carboxylic acids is 1. The van der Waals surface area contributed by atoms with Gasteiger partial charge in [0.25, 0.3) is 5.91 Å².